The second kappa shape index (κ2) is 15.7. The van der Waals surface area contributed by atoms with Crippen molar-refractivity contribution in [3.63, 3.8) is 0 Å². The Balaban J connectivity index is 0.000000429. The summed E-state index contributed by atoms with van der Waals surface area (Å²) >= 11 is 0. The van der Waals surface area contributed by atoms with Gasteiger partial charge in [-0.3, -0.25) is 0 Å². The first-order chi connectivity index (χ1) is 22.1. The number of rotatable bonds is 5. The molecule has 2 heterocycles. The topological polar surface area (TPSA) is 163 Å². The third kappa shape index (κ3) is 10.8. The van der Waals surface area contributed by atoms with Crippen molar-refractivity contribution >= 4 is 57.5 Å². The number of fused-ring (bicyclic) bond motifs is 2. The molecule has 0 atom stereocenters. The molecule has 0 saturated carbocycles. The van der Waals surface area contributed by atoms with Gasteiger partial charge in [-0.05, 0) is 84.0 Å². The first-order valence-electron chi connectivity index (χ1n) is 15.1. The maximum absolute atomic E-state index is 12.5. The molecular weight excluding hydrogens is 598 g/mol. The number of amides is 1. The largest absolute Gasteiger partial charge is 0.444 e. The van der Waals surface area contributed by atoms with Gasteiger partial charge < -0.3 is 30.6 Å². The van der Waals surface area contributed by atoms with Gasteiger partial charge in [0.15, 0.2) is 5.82 Å². The van der Waals surface area contributed by atoms with Crippen LogP contribution in [0, 0.1) is 0 Å². The van der Waals surface area contributed by atoms with Gasteiger partial charge in [0.2, 0.25) is 0 Å². The minimum atomic E-state index is -0.725. The van der Waals surface area contributed by atoms with Gasteiger partial charge in [0.05, 0.1) is 17.2 Å². The fraction of sp³-hybridized carbons (Fsp3) is 0.314. The van der Waals surface area contributed by atoms with E-state index in [2.05, 4.69) is 20.5 Å². The molecular formula is C35H43N7O5. The van der Waals surface area contributed by atoms with E-state index in [4.69, 9.17) is 20.4 Å². The summed E-state index contributed by atoms with van der Waals surface area (Å²) in [6.45, 7) is 12.6. The van der Waals surface area contributed by atoms with Crippen LogP contribution >= 0.6 is 0 Å². The molecule has 0 unspecified atom stereocenters. The summed E-state index contributed by atoms with van der Waals surface area (Å²) in [5.41, 5.74) is 7.90. The number of carbonyl (C=O) groups excluding carboxylic acids is 3. The van der Waals surface area contributed by atoms with Gasteiger partial charge in [0.1, 0.15) is 23.3 Å². The lowest BCUT2D eigenvalue weighted by atomic mass is 10.1. The van der Waals surface area contributed by atoms with E-state index >= 15 is 0 Å². The predicted molar refractivity (Wildman–Crippen MR) is 186 cm³/mol. The Hall–Kier alpha value is -5.52. The van der Waals surface area contributed by atoms with Crippen LogP contribution in [0.3, 0.4) is 0 Å². The van der Waals surface area contributed by atoms with Crippen molar-refractivity contribution in [2.45, 2.75) is 66.1 Å². The van der Waals surface area contributed by atoms with Crippen LogP contribution < -0.4 is 16.4 Å². The van der Waals surface area contributed by atoms with Crippen LogP contribution in [0.5, 0.6) is 0 Å². The molecule has 0 spiro atoms. The number of hydrogen-bond acceptors (Lipinski definition) is 10. The molecule has 2 aromatic heterocycles. The normalized spacial score (nSPS) is 11.0. The summed E-state index contributed by atoms with van der Waals surface area (Å²) in [6.07, 6.45) is 1.93. The summed E-state index contributed by atoms with van der Waals surface area (Å²) in [6, 6.07) is 21.5. The highest BCUT2D eigenvalue weighted by atomic mass is 16.6. The molecule has 0 saturated heterocycles. The van der Waals surface area contributed by atoms with Crippen molar-refractivity contribution in [3.05, 3.63) is 72.9 Å². The van der Waals surface area contributed by atoms with Gasteiger partial charge in [-0.25, -0.2) is 19.6 Å². The second-order valence-corrected chi connectivity index (χ2v) is 12.3. The van der Waals surface area contributed by atoms with Crippen LogP contribution in [0.1, 0.15) is 54.9 Å². The average molecular weight is 642 g/mol. The number of benzene rings is 3. The number of para-hydroxylation sites is 1. The highest BCUT2D eigenvalue weighted by molar-refractivity contribution is 5.94. The SMILES string of the molecule is CC(C)(C)OC(N)=O.CCC=O.CNc1cccc(-c2nc(Nc3ccc4c(cnn4C(=O)OC(C)(C)C)c3)c3ccccc3n2)c1. The quantitative estimate of drug-likeness (QED) is 0.162. The summed E-state index contributed by atoms with van der Waals surface area (Å²) in [5, 5.41) is 12.5. The maximum atomic E-state index is 12.5. The first-order valence-corrected chi connectivity index (χ1v) is 15.1. The molecule has 0 radical (unpaired) electrons. The van der Waals surface area contributed by atoms with E-state index in [0.717, 1.165) is 39.5 Å². The molecule has 248 valence electrons. The highest BCUT2D eigenvalue weighted by Crippen LogP contribution is 2.29. The Labute approximate surface area is 274 Å². The number of aromatic nitrogens is 4. The van der Waals surface area contributed by atoms with Gasteiger partial charge >= 0.3 is 12.2 Å². The van der Waals surface area contributed by atoms with E-state index in [1.807, 2.05) is 101 Å². The van der Waals surface area contributed by atoms with Crippen LogP contribution in [0.25, 0.3) is 33.2 Å². The third-order valence-electron chi connectivity index (χ3n) is 5.98. The lowest BCUT2D eigenvalue weighted by Crippen LogP contribution is -2.27. The van der Waals surface area contributed by atoms with E-state index in [1.165, 1.54) is 4.68 Å². The summed E-state index contributed by atoms with van der Waals surface area (Å²) in [7, 11) is 1.88. The summed E-state index contributed by atoms with van der Waals surface area (Å²) in [4.78, 5) is 41.3. The van der Waals surface area contributed by atoms with Crippen molar-refractivity contribution < 1.29 is 23.9 Å². The molecule has 12 nitrogen and oxygen atoms in total. The molecule has 3 aromatic carbocycles. The van der Waals surface area contributed by atoms with Crippen molar-refractivity contribution in [2.75, 3.05) is 17.7 Å². The number of nitrogens with two attached hydrogens (primary N) is 1. The molecule has 1 amide bonds. The predicted octanol–water partition coefficient (Wildman–Crippen LogP) is 7.69. The van der Waals surface area contributed by atoms with E-state index in [1.54, 1.807) is 27.0 Å². The van der Waals surface area contributed by atoms with Crippen molar-refractivity contribution in [1.82, 2.24) is 19.7 Å². The standard InChI is InChI=1S/C27H26N6O2.C5H11NO2.C3H6O/c1-27(2,3)35-26(34)33-23-13-12-20(15-18(23)16-29-33)30-25-21-10-5-6-11-22(21)31-24(32-25)17-8-7-9-19(14-17)28-4;1-5(2,3)8-4(6)7;1-2-3-4/h5-16,28H,1-4H3,(H,30,31,32);1-3H3,(H2,6,7);3H,2H2,1H3. The monoisotopic (exact) mass is 641 g/mol. The van der Waals surface area contributed by atoms with Crippen LogP contribution in [-0.4, -0.2) is 56.5 Å². The maximum Gasteiger partial charge on any atom is 0.435 e. The van der Waals surface area contributed by atoms with Gasteiger partial charge in [-0.1, -0.05) is 31.2 Å². The number of primary amides is 1. The fourth-order valence-electron chi connectivity index (χ4n) is 4.11. The van der Waals surface area contributed by atoms with E-state index in [0.29, 0.717) is 23.6 Å². The Bertz CT molecular complexity index is 1840. The number of ether oxygens (including phenoxy) is 2. The van der Waals surface area contributed by atoms with Crippen LogP contribution in [0.15, 0.2) is 72.9 Å². The van der Waals surface area contributed by atoms with Crippen molar-refractivity contribution in [2.24, 2.45) is 5.73 Å². The highest BCUT2D eigenvalue weighted by Gasteiger charge is 2.20. The van der Waals surface area contributed by atoms with Gasteiger partial charge in [0.25, 0.3) is 0 Å². The third-order valence-corrected chi connectivity index (χ3v) is 5.98. The number of anilines is 3. The van der Waals surface area contributed by atoms with Gasteiger partial charge in [-0.2, -0.15) is 9.78 Å². The Morgan fingerprint density at radius 2 is 1.57 bits per heavy atom. The van der Waals surface area contributed by atoms with E-state index < -0.39 is 23.4 Å². The zero-order valence-corrected chi connectivity index (χ0v) is 28.1. The molecule has 5 aromatic rings. The molecule has 0 aliphatic rings. The average Bonchev–Trinajstić information content (AvgIpc) is 3.43. The molecule has 12 heteroatoms. The van der Waals surface area contributed by atoms with Gasteiger partial charge in [-0.15, -0.1) is 0 Å². The van der Waals surface area contributed by atoms with Crippen LogP contribution in [-0.2, 0) is 14.3 Å². The second-order valence-electron chi connectivity index (χ2n) is 12.3. The lowest BCUT2D eigenvalue weighted by molar-refractivity contribution is -0.107. The molecule has 0 aliphatic carbocycles. The number of aldehydes is 1. The van der Waals surface area contributed by atoms with E-state index in [9.17, 15) is 14.4 Å². The van der Waals surface area contributed by atoms with Crippen molar-refractivity contribution in [1.29, 1.82) is 0 Å². The van der Waals surface area contributed by atoms with Crippen LogP contribution in [0.4, 0.5) is 26.8 Å². The Morgan fingerprint density at radius 3 is 2.17 bits per heavy atom. The van der Waals surface area contributed by atoms with Crippen LogP contribution in [0.2, 0.25) is 0 Å². The lowest BCUT2D eigenvalue weighted by Gasteiger charge is -2.19. The minimum Gasteiger partial charge on any atom is -0.444 e. The summed E-state index contributed by atoms with van der Waals surface area (Å²) < 4.78 is 11.3. The molecule has 0 bridgehead atoms. The van der Waals surface area contributed by atoms with Crippen molar-refractivity contribution in [3.8, 4) is 11.4 Å². The van der Waals surface area contributed by atoms with E-state index in [-0.39, 0.29) is 0 Å². The molecule has 5 rings (SSSR count). The molecule has 4 N–H and O–H groups in total. The minimum absolute atomic E-state index is 0.453. The molecule has 0 aliphatic heterocycles. The number of hydrogen-bond donors (Lipinski definition) is 3. The zero-order chi connectivity index (χ0) is 34.8. The molecule has 0 fully saturated rings. The number of carbonyl (C=O) groups is 3. The number of nitrogens with one attached hydrogen (secondary N) is 2. The Morgan fingerprint density at radius 1 is 0.894 bits per heavy atom. The molecule has 47 heavy (non-hydrogen) atoms. The number of nitrogens with zero attached hydrogens (tertiary/aromatic N) is 4. The van der Waals surface area contributed by atoms with Gasteiger partial charge in [0, 0.05) is 41.2 Å². The smallest absolute Gasteiger partial charge is 0.435 e. The summed E-state index contributed by atoms with van der Waals surface area (Å²) in [5.74, 6) is 1.32. The fourth-order valence-corrected chi connectivity index (χ4v) is 4.11. The first kappa shape index (κ1) is 36.0. The zero-order valence-electron chi connectivity index (χ0n) is 28.1. The Kier molecular flexibility index (Phi) is 12.0.